The van der Waals surface area contributed by atoms with Gasteiger partial charge in [0.2, 0.25) is 0 Å². The van der Waals surface area contributed by atoms with Crippen LogP contribution in [0.2, 0.25) is 0 Å². The van der Waals surface area contributed by atoms with Crippen molar-refractivity contribution < 1.29 is 9.53 Å². The van der Waals surface area contributed by atoms with Gasteiger partial charge in [-0.15, -0.1) is 0 Å². The number of likely N-dealkylation sites (tertiary alicyclic amines) is 1. The fourth-order valence-electron chi connectivity index (χ4n) is 4.02. The Labute approximate surface area is 168 Å². The third-order valence-electron chi connectivity index (χ3n) is 5.79. The molecule has 2 fully saturated rings. The van der Waals surface area contributed by atoms with Crippen molar-refractivity contribution in [3.8, 4) is 5.75 Å². The van der Waals surface area contributed by atoms with Gasteiger partial charge in [0.25, 0.3) is 11.5 Å². The van der Waals surface area contributed by atoms with Gasteiger partial charge in [-0.05, 0) is 62.6 Å². The number of fused-ring (bicyclic) bond motifs is 1. The predicted molar refractivity (Wildman–Crippen MR) is 111 cm³/mol. The zero-order chi connectivity index (χ0) is 20.1. The van der Waals surface area contributed by atoms with Crippen LogP contribution in [0, 0.1) is 13.8 Å². The molecule has 0 spiro atoms. The highest BCUT2D eigenvalue weighted by molar-refractivity contribution is 5.99. The molecule has 5 rings (SSSR count). The van der Waals surface area contributed by atoms with Crippen LogP contribution in [0.1, 0.15) is 40.5 Å². The zero-order valence-corrected chi connectivity index (χ0v) is 16.6. The van der Waals surface area contributed by atoms with Gasteiger partial charge in [0.15, 0.2) is 0 Å². The van der Waals surface area contributed by atoms with Crippen molar-refractivity contribution in [2.24, 2.45) is 0 Å². The average Bonchev–Trinajstić information content (AvgIpc) is 3.48. The Balaban J connectivity index is 1.26. The van der Waals surface area contributed by atoms with Gasteiger partial charge < -0.3 is 14.2 Å². The minimum absolute atomic E-state index is 0.00432. The Bertz CT molecular complexity index is 1170. The molecule has 2 aliphatic rings. The molecule has 0 bridgehead atoms. The van der Waals surface area contributed by atoms with E-state index in [-0.39, 0.29) is 17.6 Å². The van der Waals surface area contributed by atoms with Crippen LogP contribution in [0.15, 0.2) is 47.4 Å². The minimum atomic E-state index is -0.0848. The maximum absolute atomic E-state index is 12.8. The largest absolute Gasteiger partial charge is 0.486 e. The first-order valence-electron chi connectivity index (χ1n) is 10.0. The molecule has 0 N–H and O–H groups in total. The molecule has 3 aromatic rings. The number of carbonyl (C=O) groups excluding carboxylic acids is 1. The van der Waals surface area contributed by atoms with Crippen molar-refractivity contribution in [3.05, 3.63) is 69.8 Å². The van der Waals surface area contributed by atoms with Crippen molar-refractivity contribution >= 4 is 16.8 Å². The highest BCUT2D eigenvalue weighted by Crippen LogP contribution is 2.35. The van der Waals surface area contributed by atoms with Crippen LogP contribution in [0.3, 0.4) is 0 Å². The van der Waals surface area contributed by atoms with Crippen LogP contribution in [-0.2, 0) is 0 Å². The maximum Gasteiger partial charge on any atom is 0.254 e. The van der Waals surface area contributed by atoms with E-state index in [0.29, 0.717) is 30.4 Å². The first kappa shape index (κ1) is 17.9. The number of nitrogens with zero attached hydrogens (tertiary/aromatic N) is 3. The molecule has 1 amide bonds. The first-order valence-corrected chi connectivity index (χ1v) is 10.0. The lowest BCUT2D eigenvalue weighted by atomic mass is 10.0. The highest BCUT2D eigenvalue weighted by atomic mass is 16.5. The molecule has 6 nitrogen and oxygen atoms in total. The number of carbonyl (C=O) groups is 1. The summed E-state index contributed by atoms with van der Waals surface area (Å²) in [6.07, 6.45) is 3.84. The summed E-state index contributed by atoms with van der Waals surface area (Å²) < 4.78 is 7.80. The maximum atomic E-state index is 12.8. The Morgan fingerprint density at radius 2 is 1.90 bits per heavy atom. The van der Waals surface area contributed by atoms with Crippen LogP contribution in [0.4, 0.5) is 0 Å². The van der Waals surface area contributed by atoms with E-state index in [9.17, 15) is 9.59 Å². The second kappa shape index (κ2) is 6.72. The summed E-state index contributed by atoms with van der Waals surface area (Å²) >= 11 is 0. The van der Waals surface area contributed by atoms with Crippen LogP contribution in [-0.4, -0.2) is 39.6 Å². The van der Waals surface area contributed by atoms with E-state index in [1.54, 1.807) is 17.2 Å². The Morgan fingerprint density at radius 1 is 1.10 bits per heavy atom. The molecule has 1 aliphatic carbocycles. The van der Waals surface area contributed by atoms with E-state index in [2.05, 4.69) is 4.98 Å². The third-order valence-corrected chi connectivity index (χ3v) is 5.79. The number of hydrogen-bond acceptors (Lipinski definition) is 4. The van der Waals surface area contributed by atoms with E-state index in [1.165, 1.54) is 0 Å². The van der Waals surface area contributed by atoms with Crippen LogP contribution in [0.5, 0.6) is 5.75 Å². The summed E-state index contributed by atoms with van der Waals surface area (Å²) in [5.41, 5.74) is 3.58. The second-order valence-electron chi connectivity index (χ2n) is 8.08. The molecule has 1 aromatic carbocycles. The predicted octanol–water partition coefficient (Wildman–Crippen LogP) is 3.25. The lowest BCUT2D eigenvalue weighted by Crippen LogP contribution is -2.56. The molecule has 3 heterocycles. The minimum Gasteiger partial charge on any atom is -0.486 e. The molecule has 0 atom stereocenters. The number of hydrogen-bond donors (Lipinski definition) is 0. The topological polar surface area (TPSA) is 64.4 Å². The normalized spacial score (nSPS) is 16.7. The third kappa shape index (κ3) is 3.28. The molecule has 2 aromatic heterocycles. The summed E-state index contributed by atoms with van der Waals surface area (Å²) in [5.74, 6) is 0.587. The molecule has 1 saturated carbocycles. The Kier molecular flexibility index (Phi) is 4.15. The molecule has 6 heteroatoms. The summed E-state index contributed by atoms with van der Waals surface area (Å²) in [6, 6.07) is 11.4. The number of pyridine rings is 2. The number of aryl methyl sites for hydroxylation is 2. The van der Waals surface area contributed by atoms with Crippen molar-refractivity contribution in [1.82, 2.24) is 14.5 Å². The van der Waals surface area contributed by atoms with E-state index < -0.39 is 0 Å². The Morgan fingerprint density at radius 3 is 2.62 bits per heavy atom. The molecule has 1 saturated heterocycles. The van der Waals surface area contributed by atoms with E-state index >= 15 is 0 Å². The summed E-state index contributed by atoms with van der Waals surface area (Å²) in [7, 11) is 0. The molecule has 1 aliphatic heterocycles. The number of rotatable bonds is 4. The van der Waals surface area contributed by atoms with Crippen LogP contribution in [0.25, 0.3) is 10.9 Å². The lowest BCUT2D eigenvalue weighted by Gasteiger charge is -2.39. The Hall–Kier alpha value is -3.15. The van der Waals surface area contributed by atoms with Gasteiger partial charge in [-0.3, -0.25) is 14.6 Å². The van der Waals surface area contributed by atoms with Crippen molar-refractivity contribution in [2.45, 2.75) is 38.8 Å². The second-order valence-corrected chi connectivity index (χ2v) is 8.08. The van der Waals surface area contributed by atoms with Crippen molar-refractivity contribution in [3.63, 3.8) is 0 Å². The summed E-state index contributed by atoms with van der Waals surface area (Å²) in [5, 5.41) is 0.998. The monoisotopic (exact) mass is 389 g/mol. The van der Waals surface area contributed by atoms with Gasteiger partial charge in [-0.25, -0.2) is 0 Å². The van der Waals surface area contributed by atoms with E-state index in [0.717, 1.165) is 35.0 Å². The number of aromatic nitrogens is 2. The van der Waals surface area contributed by atoms with Gasteiger partial charge in [-0.2, -0.15) is 0 Å². The van der Waals surface area contributed by atoms with Crippen molar-refractivity contribution in [1.29, 1.82) is 0 Å². The molecule has 0 radical (unpaired) electrons. The van der Waals surface area contributed by atoms with Gasteiger partial charge in [0, 0.05) is 34.9 Å². The smallest absolute Gasteiger partial charge is 0.254 e. The molecule has 148 valence electrons. The van der Waals surface area contributed by atoms with Gasteiger partial charge in [-0.1, -0.05) is 0 Å². The SMILES string of the molecule is Cc1ccnc2ccc(C(=O)N3CC(Oc4cc(C)n(C5CC5)c(=O)c4)C3)cc12. The van der Waals surface area contributed by atoms with E-state index in [1.807, 2.05) is 48.7 Å². The zero-order valence-electron chi connectivity index (χ0n) is 16.6. The first-order chi connectivity index (χ1) is 14.0. The van der Waals surface area contributed by atoms with Gasteiger partial charge >= 0.3 is 0 Å². The van der Waals surface area contributed by atoms with E-state index in [4.69, 9.17) is 4.74 Å². The molecular formula is C23H23N3O3. The van der Waals surface area contributed by atoms with Crippen LogP contribution >= 0.6 is 0 Å². The lowest BCUT2D eigenvalue weighted by molar-refractivity contribution is 0.0176. The number of ether oxygens (including phenoxy) is 1. The molecule has 29 heavy (non-hydrogen) atoms. The fourth-order valence-corrected chi connectivity index (χ4v) is 4.02. The number of benzene rings is 1. The summed E-state index contributed by atoms with van der Waals surface area (Å²) in [4.78, 5) is 31.3. The molecular weight excluding hydrogens is 366 g/mol. The quantitative estimate of drug-likeness (QED) is 0.687. The summed E-state index contributed by atoms with van der Waals surface area (Å²) in [6.45, 7) is 5.01. The highest BCUT2D eigenvalue weighted by Gasteiger charge is 2.33. The standard InChI is InChI=1S/C23H23N3O3/c1-14-7-8-24-21-6-3-16(10-20(14)21)23(28)25-12-19(13-25)29-18-9-15(2)26(17-4-5-17)22(27)11-18/h3,6-11,17,19H,4-5,12-13H2,1-2H3. The van der Waals surface area contributed by atoms with Crippen LogP contribution < -0.4 is 10.3 Å². The van der Waals surface area contributed by atoms with Gasteiger partial charge in [0.1, 0.15) is 11.9 Å². The van der Waals surface area contributed by atoms with Gasteiger partial charge in [0.05, 0.1) is 18.6 Å². The van der Waals surface area contributed by atoms with Crippen molar-refractivity contribution in [2.75, 3.05) is 13.1 Å². The number of amides is 1. The average molecular weight is 389 g/mol. The fraction of sp³-hybridized carbons (Fsp3) is 0.348. The molecule has 0 unspecified atom stereocenters.